The van der Waals surface area contributed by atoms with Gasteiger partial charge in [0.25, 0.3) is 0 Å². The molecule has 2 heterocycles. The maximum atomic E-state index is 5.34. The molecule has 1 N–H and O–H groups in total. The molecule has 0 spiro atoms. The van der Waals surface area contributed by atoms with Crippen LogP contribution < -0.4 is 14.8 Å². The van der Waals surface area contributed by atoms with Gasteiger partial charge in [-0.05, 0) is 17.7 Å². The molecule has 1 unspecified atom stereocenters. The summed E-state index contributed by atoms with van der Waals surface area (Å²) < 4.78 is 10.6. The smallest absolute Gasteiger partial charge is 0.231 e. The number of nitrogens with zero attached hydrogens (tertiary/aromatic N) is 1. The molecule has 1 atom stereocenters. The highest BCUT2D eigenvalue weighted by molar-refractivity contribution is 8.14. The van der Waals surface area contributed by atoms with E-state index in [-0.39, 0.29) is 0 Å². The van der Waals surface area contributed by atoms with Crippen molar-refractivity contribution in [3.05, 3.63) is 23.8 Å². The minimum absolute atomic E-state index is 0.326. The van der Waals surface area contributed by atoms with Crippen molar-refractivity contribution in [1.82, 2.24) is 5.32 Å². The predicted molar refractivity (Wildman–Crippen MR) is 68.8 cm³/mol. The maximum Gasteiger partial charge on any atom is 0.231 e. The van der Waals surface area contributed by atoms with Crippen molar-refractivity contribution in [3.8, 4) is 11.5 Å². The lowest BCUT2D eigenvalue weighted by Crippen LogP contribution is -2.18. The van der Waals surface area contributed by atoms with Gasteiger partial charge in [-0.3, -0.25) is 4.99 Å². The molecule has 0 aromatic heterocycles. The van der Waals surface area contributed by atoms with Gasteiger partial charge in [-0.15, -0.1) is 0 Å². The van der Waals surface area contributed by atoms with Gasteiger partial charge >= 0.3 is 0 Å². The Morgan fingerprint density at radius 2 is 2.29 bits per heavy atom. The Hall–Kier alpha value is -1.36. The van der Waals surface area contributed by atoms with Gasteiger partial charge in [0.1, 0.15) is 0 Å². The average molecular weight is 250 g/mol. The summed E-state index contributed by atoms with van der Waals surface area (Å²) >= 11 is 1.79. The Balaban J connectivity index is 1.62. The van der Waals surface area contributed by atoms with Crippen LogP contribution in [0.5, 0.6) is 11.5 Å². The number of ether oxygens (including phenoxy) is 2. The molecular formula is C12H14N2O2S. The molecule has 1 aromatic carbocycles. The van der Waals surface area contributed by atoms with Crippen LogP contribution >= 0.6 is 11.8 Å². The molecule has 4 nitrogen and oxygen atoms in total. The number of nitrogens with one attached hydrogen (secondary N) is 1. The standard InChI is InChI=1S/C12H14N2O2S/c1-8-5-13-12(17-8)14-6-9-2-3-10-11(4-9)16-7-15-10/h2-4,8H,5-7H2,1H3,(H,13,14). The summed E-state index contributed by atoms with van der Waals surface area (Å²) in [5.74, 6) is 1.66. The van der Waals surface area contributed by atoms with E-state index < -0.39 is 0 Å². The van der Waals surface area contributed by atoms with Gasteiger partial charge in [0.15, 0.2) is 16.7 Å². The summed E-state index contributed by atoms with van der Waals surface area (Å²) in [5, 5.41) is 4.97. The van der Waals surface area contributed by atoms with E-state index in [1.54, 1.807) is 11.8 Å². The fourth-order valence-corrected chi connectivity index (χ4v) is 2.64. The zero-order valence-electron chi connectivity index (χ0n) is 9.60. The minimum atomic E-state index is 0.326. The van der Waals surface area contributed by atoms with Gasteiger partial charge in [0, 0.05) is 11.8 Å². The number of benzene rings is 1. The molecule has 0 aliphatic carbocycles. The number of thioether (sulfide) groups is 1. The number of aliphatic imine (C=N–C) groups is 1. The van der Waals surface area contributed by atoms with E-state index in [0.29, 0.717) is 12.0 Å². The molecule has 0 bridgehead atoms. The highest BCUT2D eigenvalue weighted by Crippen LogP contribution is 2.32. The topological polar surface area (TPSA) is 42.9 Å². The van der Waals surface area contributed by atoms with Crippen LogP contribution in [0.1, 0.15) is 12.5 Å². The molecule has 2 aliphatic heterocycles. The van der Waals surface area contributed by atoms with Crippen LogP contribution in [0.4, 0.5) is 0 Å². The van der Waals surface area contributed by atoms with Crippen molar-refractivity contribution in [2.75, 3.05) is 13.3 Å². The molecule has 3 rings (SSSR count). The first-order valence-electron chi connectivity index (χ1n) is 5.65. The van der Waals surface area contributed by atoms with Crippen molar-refractivity contribution < 1.29 is 9.47 Å². The van der Waals surface area contributed by atoms with E-state index in [2.05, 4.69) is 17.2 Å². The normalized spacial score (nSPS) is 21.5. The summed E-state index contributed by atoms with van der Waals surface area (Å²) in [6.45, 7) is 4.19. The summed E-state index contributed by atoms with van der Waals surface area (Å²) in [5.41, 5.74) is 1.18. The van der Waals surface area contributed by atoms with E-state index in [9.17, 15) is 0 Å². The van der Waals surface area contributed by atoms with E-state index in [4.69, 9.17) is 9.47 Å². The lowest BCUT2D eigenvalue weighted by molar-refractivity contribution is 0.174. The number of hydrogen-bond donors (Lipinski definition) is 1. The zero-order valence-corrected chi connectivity index (χ0v) is 10.4. The van der Waals surface area contributed by atoms with Crippen molar-refractivity contribution >= 4 is 16.9 Å². The summed E-state index contributed by atoms with van der Waals surface area (Å²) in [4.78, 5) is 4.42. The quantitative estimate of drug-likeness (QED) is 0.871. The molecule has 5 heteroatoms. The summed E-state index contributed by atoms with van der Waals surface area (Å²) in [6.07, 6.45) is 0. The van der Waals surface area contributed by atoms with Gasteiger partial charge < -0.3 is 14.8 Å². The highest BCUT2D eigenvalue weighted by atomic mass is 32.2. The van der Waals surface area contributed by atoms with E-state index in [1.165, 1.54) is 5.56 Å². The average Bonchev–Trinajstić information content (AvgIpc) is 2.94. The molecule has 0 radical (unpaired) electrons. The highest BCUT2D eigenvalue weighted by Gasteiger charge is 2.16. The molecular weight excluding hydrogens is 236 g/mol. The third kappa shape index (κ3) is 2.34. The third-order valence-electron chi connectivity index (χ3n) is 2.69. The van der Waals surface area contributed by atoms with Crippen LogP contribution in [-0.2, 0) is 6.54 Å². The molecule has 2 aliphatic rings. The molecule has 17 heavy (non-hydrogen) atoms. The molecule has 1 aromatic rings. The van der Waals surface area contributed by atoms with Crippen molar-refractivity contribution in [2.24, 2.45) is 4.99 Å². The monoisotopic (exact) mass is 250 g/mol. The Morgan fingerprint density at radius 3 is 3.12 bits per heavy atom. The van der Waals surface area contributed by atoms with Crippen molar-refractivity contribution in [3.63, 3.8) is 0 Å². The number of fused-ring (bicyclic) bond motifs is 1. The molecule has 90 valence electrons. The second kappa shape index (κ2) is 4.49. The minimum Gasteiger partial charge on any atom is -0.454 e. The van der Waals surface area contributed by atoms with Gasteiger partial charge in [0.05, 0.1) is 6.54 Å². The van der Waals surface area contributed by atoms with Gasteiger partial charge in [-0.25, -0.2) is 0 Å². The van der Waals surface area contributed by atoms with Crippen LogP contribution in [0.25, 0.3) is 0 Å². The van der Waals surface area contributed by atoms with Gasteiger partial charge in [-0.2, -0.15) is 0 Å². The number of rotatable bonds is 2. The van der Waals surface area contributed by atoms with E-state index >= 15 is 0 Å². The number of hydrogen-bond acceptors (Lipinski definition) is 5. The first kappa shape index (κ1) is 10.8. The lowest BCUT2D eigenvalue weighted by atomic mass is 10.2. The molecule has 0 saturated carbocycles. The fourth-order valence-electron chi connectivity index (χ4n) is 1.80. The van der Waals surface area contributed by atoms with Crippen LogP contribution in [0, 0.1) is 0 Å². The molecule has 0 saturated heterocycles. The zero-order chi connectivity index (χ0) is 11.7. The Labute approximate surface area is 104 Å². The SMILES string of the molecule is CC1CN=C(NCc2ccc3c(c2)OCO3)S1. The van der Waals surface area contributed by atoms with Crippen LogP contribution in [0.3, 0.4) is 0 Å². The van der Waals surface area contributed by atoms with E-state index in [1.807, 2.05) is 18.2 Å². The Kier molecular flexibility index (Phi) is 2.84. The van der Waals surface area contributed by atoms with Gasteiger partial charge in [0.2, 0.25) is 6.79 Å². The van der Waals surface area contributed by atoms with Crippen LogP contribution in [-0.4, -0.2) is 23.8 Å². The van der Waals surface area contributed by atoms with Crippen LogP contribution in [0.15, 0.2) is 23.2 Å². The fraction of sp³-hybridized carbons (Fsp3) is 0.417. The van der Waals surface area contributed by atoms with Gasteiger partial charge in [-0.1, -0.05) is 24.8 Å². The summed E-state index contributed by atoms with van der Waals surface area (Å²) in [6, 6.07) is 6.01. The first-order valence-corrected chi connectivity index (χ1v) is 6.53. The largest absolute Gasteiger partial charge is 0.454 e. The Bertz CT molecular complexity index is 462. The number of amidine groups is 1. The van der Waals surface area contributed by atoms with Crippen molar-refractivity contribution in [2.45, 2.75) is 18.7 Å². The molecule has 0 fully saturated rings. The second-order valence-corrected chi connectivity index (χ2v) is 5.54. The second-order valence-electron chi connectivity index (χ2n) is 4.12. The lowest BCUT2D eigenvalue weighted by Gasteiger charge is -2.06. The summed E-state index contributed by atoms with van der Waals surface area (Å²) in [7, 11) is 0. The third-order valence-corrected chi connectivity index (χ3v) is 3.73. The van der Waals surface area contributed by atoms with E-state index in [0.717, 1.165) is 29.8 Å². The Morgan fingerprint density at radius 1 is 1.41 bits per heavy atom. The maximum absolute atomic E-state index is 5.34. The van der Waals surface area contributed by atoms with Crippen LogP contribution in [0.2, 0.25) is 0 Å². The molecule has 0 amide bonds. The predicted octanol–water partition coefficient (Wildman–Crippen LogP) is 2.00. The van der Waals surface area contributed by atoms with Crippen molar-refractivity contribution in [1.29, 1.82) is 0 Å². The first-order chi connectivity index (χ1) is 8.31.